The number of cyclic esters (lactones) is 2. The number of carboxylic acid groups (broad SMARTS) is 3. The number of imide groups is 2. The molecule has 2 fully saturated rings. The van der Waals surface area contributed by atoms with E-state index in [1.165, 1.54) is 9.80 Å². The molecule has 24 nitrogen and oxygen atoms in total. The van der Waals surface area contributed by atoms with Crippen molar-refractivity contribution in [1.29, 1.82) is 0 Å². The average Bonchev–Trinajstić information content (AvgIpc) is 1.70. The second-order valence-electron chi connectivity index (χ2n) is 35.5. The van der Waals surface area contributed by atoms with Gasteiger partial charge in [-0.1, -0.05) is 180 Å². The molecular weight excluding hydrogens is 1610 g/mol. The van der Waals surface area contributed by atoms with Crippen molar-refractivity contribution in [2.75, 3.05) is 23.9 Å². The predicted molar refractivity (Wildman–Crippen MR) is 456 cm³/mol. The summed E-state index contributed by atoms with van der Waals surface area (Å²) in [5.74, 6) is -8.07. The quantitative estimate of drug-likeness (QED) is 0.0259. The SMILES string of the molecule is C=CCBr.C=CC[C@@H](C(=O)OC(C)(C)C)[C@@H](CC(C)C)C(=O)O.C=CC[C@H](C(=O)OC(C)(C)C)[C@@H](CC(C)C)C(=O)O.CC(C)(C)OC(=O)CBr.CC(C)CCC(=O)N1C(=O)OCC1Cc1ccccc1.CC(C)C[C@H](CC(=O)OC(C)(C)C)C(=O)N1C(=O)OC[C@@H]1Cc1ccccc1.CC(C)C[C@H](CC(=O)OC(C)(C)C)C(=O)O. The van der Waals surface area contributed by atoms with Gasteiger partial charge in [-0.2, -0.15) is 0 Å². The highest BCUT2D eigenvalue weighted by atomic mass is 79.9. The fourth-order valence-electron chi connectivity index (χ4n) is 11.4. The number of carboxylic acids is 3. The molecule has 0 saturated carbocycles. The lowest BCUT2D eigenvalue weighted by atomic mass is 9.83. The fourth-order valence-corrected chi connectivity index (χ4v) is 11.5. The number of hydrogen-bond acceptors (Lipinski definition) is 19. The van der Waals surface area contributed by atoms with E-state index < -0.39 is 112 Å². The minimum Gasteiger partial charge on any atom is -0.481 e. The van der Waals surface area contributed by atoms with Gasteiger partial charge in [0.1, 0.15) is 46.5 Å². The van der Waals surface area contributed by atoms with E-state index >= 15 is 0 Å². The van der Waals surface area contributed by atoms with Crippen LogP contribution in [0.2, 0.25) is 0 Å². The van der Waals surface area contributed by atoms with Gasteiger partial charge in [0, 0.05) is 17.7 Å². The molecule has 2 aliphatic rings. The Balaban J connectivity index is -0.00000133. The van der Waals surface area contributed by atoms with Crippen molar-refractivity contribution in [3.8, 4) is 0 Å². The molecule has 3 N–H and O–H groups in total. The highest BCUT2D eigenvalue weighted by Crippen LogP contribution is 2.31. The van der Waals surface area contributed by atoms with Crippen molar-refractivity contribution in [2.24, 2.45) is 65.1 Å². The topological polar surface area (TPSA) is 337 Å². The van der Waals surface area contributed by atoms with E-state index in [1.54, 1.807) is 101 Å². The Kier molecular flexibility index (Phi) is 54.1. The van der Waals surface area contributed by atoms with Gasteiger partial charge in [0.2, 0.25) is 11.8 Å². The number of carbonyl (C=O) groups excluding carboxylic acids is 9. The first-order chi connectivity index (χ1) is 52.8. The molecule has 115 heavy (non-hydrogen) atoms. The monoisotopic (exact) mass is 1750 g/mol. The van der Waals surface area contributed by atoms with E-state index in [9.17, 15) is 67.7 Å². The Bertz CT molecular complexity index is 3230. The third-order valence-corrected chi connectivity index (χ3v) is 16.7. The number of halogens is 2. The number of hydrogen-bond donors (Lipinski definition) is 3. The zero-order valence-corrected chi connectivity index (χ0v) is 76.9. The molecule has 2 aliphatic heterocycles. The standard InChI is InChI=1S/C22H31NO5.C16H21NO3.2C15H26O4.C12H22O4.C6H11BrO2.C3H5Br/c1-15(2)11-17(13-19(24)28-22(3,4)5)20(25)23-18(14-27-21(23)26)12-16-9-7-6-8-10-16;1-12(2)8-9-15(18)17-14(11-20-16(17)19)10-13-6-4-3-5-7-13;2*1-7-8-11(14(18)19-15(4,5)6)12(13(16)17)9-10(2)3;1-8(2)6-9(11(14)15)7-10(13)16-12(3,4)5;1-6(2,3)9-5(8)4-7;1-2-3-4/h6-10,15,17-18H,11-14H2,1-5H3;3-7,12,14H,8-11H2,1-2H3;2*7,10-12H,1,8-9H2,2-6H3,(H,16,17);8-9H,6-7H2,1-5H3,(H,14,15);4H2,1-3H3;2H,1,3H2/t17-,18+;;11-,12+;11-,12-;9-;;/m1.011../s1. The Labute approximate surface area is 704 Å². The van der Waals surface area contributed by atoms with E-state index in [2.05, 4.69) is 65.4 Å². The van der Waals surface area contributed by atoms with Crippen LogP contribution in [0.1, 0.15) is 248 Å². The number of esters is 5. The summed E-state index contributed by atoms with van der Waals surface area (Å²) < 4.78 is 36.2. The molecule has 0 aliphatic carbocycles. The van der Waals surface area contributed by atoms with Crippen molar-refractivity contribution in [1.82, 2.24) is 9.80 Å². The zero-order valence-electron chi connectivity index (χ0n) is 73.7. The van der Waals surface area contributed by atoms with Gasteiger partial charge in [-0.05, 0) is 202 Å². The van der Waals surface area contributed by atoms with Gasteiger partial charge in [0.05, 0.1) is 54.5 Å². The Morgan fingerprint density at radius 2 is 0.757 bits per heavy atom. The fraction of sp³-hybridized carbons (Fsp3) is 0.663. The summed E-state index contributed by atoms with van der Waals surface area (Å²) in [6.45, 7) is 57.7. The number of alkyl halides is 2. The van der Waals surface area contributed by atoms with Crippen LogP contribution in [-0.4, -0.2) is 161 Å². The second-order valence-corrected chi connectivity index (χ2v) is 36.7. The minimum atomic E-state index is -0.952. The average molecular weight is 1750 g/mol. The second kappa shape index (κ2) is 55.8. The van der Waals surface area contributed by atoms with E-state index in [0.29, 0.717) is 70.3 Å². The maximum absolute atomic E-state index is 13.2. The largest absolute Gasteiger partial charge is 0.481 e. The van der Waals surface area contributed by atoms with Crippen molar-refractivity contribution in [2.45, 2.75) is 290 Å². The summed E-state index contributed by atoms with van der Waals surface area (Å²) in [4.78, 5) is 144. The normalized spacial score (nSPS) is 15.5. The zero-order chi connectivity index (χ0) is 89.7. The first-order valence-electron chi connectivity index (χ1n) is 39.6. The first kappa shape index (κ1) is 111. The van der Waals surface area contributed by atoms with Crippen LogP contribution in [0.15, 0.2) is 98.6 Å². The van der Waals surface area contributed by atoms with Crippen LogP contribution in [0.4, 0.5) is 9.59 Å². The molecule has 2 saturated heterocycles. The van der Waals surface area contributed by atoms with E-state index in [-0.39, 0.29) is 83.9 Å². The Morgan fingerprint density at radius 3 is 1.03 bits per heavy atom. The molecule has 0 radical (unpaired) electrons. The van der Waals surface area contributed by atoms with Gasteiger partial charge in [-0.15, -0.1) is 19.7 Å². The van der Waals surface area contributed by atoms with E-state index in [4.69, 9.17) is 38.3 Å². The Morgan fingerprint density at radius 1 is 0.443 bits per heavy atom. The molecular formula is C89H142Br2N2O22. The van der Waals surface area contributed by atoms with Gasteiger partial charge in [0.15, 0.2) is 0 Å². The molecule has 654 valence electrons. The van der Waals surface area contributed by atoms with Gasteiger partial charge in [0.25, 0.3) is 0 Å². The van der Waals surface area contributed by atoms with Gasteiger partial charge >= 0.3 is 59.9 Å². The van der Waals surface area contributed by atoms with E-state index in [1.807, 2.05) is 137 Å². The van der Waals surface area contributed by atoms with Crippen LogP contribution in [0, 0.1) is 65.1 Å². The first-order valence-corrected chi connectivity index (χ1v) is 41.8. The number of benzene rings is 2. The number of ether oxygens (including phenoxy) is 7. The number of nitrogens with zero attached hydrogens (tertiary/aromatic N) is 2. The van der Waals surface area contributed by atoms with Crippen molar-refractivity contribution in [3.63, 3.8) is 0 Å². The molecule has 4 amide bonds. The lowest BCUT2D eigenvalue weighted by Crippen LogP contribution is -2.44. The molecule has 1 unspecified atom stereocenters. The molecule has 8 atom stereocenters. The smallest absolute Gasteiger partial charge is 0.416 e. The minimum absolute atomic E-state index is 0.0455. The van der Waals surface area contributed by atoms with Gasteiger partial charge in [-0.25, -0.2) is 19.4 Å². The Hall–Kier alpha value is -7.74. The molecule has 4 rings (SSSR count). The van der Waals surface area contributed by atoms with Crippen LogP contribution in [0.3, 0.4) is 0 Å². The highest BCUT2D eigenvalue weighted by molar-refractivity contribution is 9.09. The molecule has 0 bridgehead atoms. The summed E-state index contributed by atoms with van der Waals surface area (Å²) in [6.07, 6.45) is 8.61. The summed E-state index contributed by atoms with van der Waals surface area (Å²) in [6, 6.07) is 19.0. The summed E-state index contributed by atoms with van der Waals surface area (Å²) >= 11 is 6.12. The van der Waals surface area contributed by atoms with Crippen LogP contribution in [-0.2, 0) is 93.9 Å². The van der Waals surface area contributed by atoms with Crippen LogP contribution < -0.4 is 0 Å². The molecule has 0 spiro atoms. The molecule has 2 aromatic rings. The van der Waals surface area contributed by atoms with Crippen LogP contribution >= 0.6 is 31.9 Å². The summed E-state index contributed by atoms with van der Waals surface area (Å²) in [7, 11) is 0. The number of rotatable bonds is 33. The van der Waals surface area contributed by atoms with Crippen LogP contribution in [0.5, 0.6) is 0 Å². The number of amides is 4. The maximum Gasteiger partial charge on any atom is 0.416 e. The molecule has 0 aromatic heterocycles. The lowest BCUT2D eigenvalue weighted by molar-refractivity contribution is -0.167. The van der Waals surface area contributed by atoms with E-state index in [0.717, 1.165) is 22.9 Å². The summed E-state index contributed by atoms with van der Waals surface area (Å²) in [5.41, 5.74) is -0.628. The van der Waals surface area contributed by atoms with Gasteiger partial charge < -0.3 is 48.5 Å². The van der Waals surface area contributed by atoms with Crippen LogP contribution in [0.25, 0.3) is 0 Å². The third kappa shape index (κ3) is 54.7. The summed E-state index contributed by atoms with van der Waals surface area (Å²) in [5, 5.41) is 28.8. The molecule has 2 aromatic carbocycles. The number of aliphatic carboxylic acids is 3. The van der Waals surface area contributed by atoms with Crippen molar-refractivity contribution >= 4 is 104 Å². The van der Waals surface area contributed by atoms with Gasteiger partial charge in [-0.3, -0.25) is 47.9 Å². The number of allylic oxidation sites excluding steroid dienone is 3. The number of carbonyl (C=O) groups is 12. The third-order valence-electron chi connectivity index (χ3n) is 15.8. The lowest BCUT2D eigenvalue weighted by Gasteiger charge is -2.27. The highest BCUT2D eigenvalue weighted by Gasteiger charge is 2.43. The van der Waals surface area contributed by atoms with Crippen molar-refractivity contribution < 1.29 is 106 Å². The molecule has 26 heteroatoms. The van der Waals surface area contributed by atoms with Crippen molar-refractivity contribution in [3.05, 3.63) is 110 Å². The predicted octanol–water partition coefficient (Wildman–Crippen LogP) is 19.3. The molecule has 2 heterocycles. The maximum atomic E-state index is 13.2.